The standard InChI is InChI=1S/C19H23N7O/c20-13-19(10-2-1-3-11-19)22-17(27)12-21-15-6-4-14(5-7-15)18-23-24-25-26(18)16-8-9-16/h4-7,16,21H,1-3,8-12H2,(H,22,27). The van der Waals surface area contributed by atoms with Gasteiger partial charge in [-0.15, -0.1) is 5.10 Å². The number of amides is 1. The van der Waals surface area contributed by atoms with E-state index in [4.69, 9.17) is 0 Å². The van der Waals surface area contributed by atoms with Crippen LogP contribution in [0.4, 0.5) is 5.69 Å². The van der Waals surface area contributed by atoms with Crippen LogP contribution in [0.25, 0.3) is 11.4 Å². The van der Waals surface area contributed by atoms with Gasteiger partial charge in [0.1, 0.15) is 5.54 Å². The zero-order valence-electron chi connectivity index (χ0n) is 15.2. The molecule has 0 bridgehead atoms. The van der Waals surface area contributed by atoms with E-state index in [-0.39, 0.29) is 12.5 Å². The molecule has 0 unspecified atom stereocenters. The Morgan fingerprint density at radius 2 is 1.96 bits per heavy atom. The first kappa shape index (κ1) is 17.5. The largest absolute Gasteiger partial charge is 0.376 e. The lowest BCUT2D eigenvalue weighted by molar-refractivity contribution is -0.121. The zero-order chi connectivity index (χ0) is 18.7. The van der Waals surface area contributed by atoms with E-state index < -0.39 is 5.54 Å². The monoisotopic (exact) mass is 365 g/mol. The number of rotatable bonds is 6. The van der Waals surface area contributed by atoms with Gasteiger partial charge in [0.15, 0.2) is 5.82 Å². The van der Waals surface area contributed by atoms with Gasteiger partial charge in [-0.2, -0.15) is 5.26 Å². The minimum atomic E-state index is -0.694. The molecule has 1 heterocycles. The zero-order valence-corrected chi connectivity index (χ0v) is 15.2. The van der Waals surface area contributed by atoms with Crippen LogP contribution in [-0.2, 0) is 4.79 Å². The van der Waals surface area contributed by atoms with E-state index in [1.54, 1.807) is 0 Å². The molecule has 0 atom stereocenters. The molecule has 140 valence electrons. The maximum absolute atomic E-state index is 12.3. The number of nitriles is 1. The average molecular weight is 365 g/mol. The van der Waals surface area contributed by atoms with Gasteiger partial charge >= 0.3 is 0 Å². The van der Waals surface area contributed by atoms with Gasteiger partial charge in [0, 0.05) is 11.3 Å². The van der Waals surface area contributed by atoms with Crippen LogP contribution in [-0.4, -0.2) is 38.2 Å². The highest BCUT2D eigenvalue weighted by molar-refractivity contribution is 5.82. The fourth-order valence-electron chi connectivity index (χ4n) is 3.60. The van der Waals surface area contributed by atoms with Gasteiger partial charge in [-0.25, -0.2) is 4.68 Å². The summed E-state index contributed by atoms with van der Waals surface area (Å²) in [6.07, 6.45) is 6.83. The number of carbonyl (C=O) groups excluding carboxylic acids is 1. The summed E-state index contributed by atoms with van der Waals surface area (Å²) in [6.45, 7) is 0.141. The van der Waals surface area contributed by atoms with E-state index in [9.17, 15) is 10.1 Å². The van der Waals surface area contributed by atoms with Crippen molar-refractivity contribution in [1.29, 1.82) is 5.26 Å². The highest BCUT2D eigenvalue weighted by atomic mass is 16.2. The lowest BCUT2D eigenvalue weighted by Gasteiger charge is -2.31. The molecule has 2 fully saturated rings. The van der Waals surface area contributed by atoms with Gasteiger partial charge in [0.05, 0.1) is 18.7 Å². The molecule has 0 aliphatic heterocycles. The van der Waals surface area contributed by atoms with Crippen molar-refractivity contribution < 1.29 is 4.79 Å². The molecular weight excluding hydrogens is 342 g/mol. The van der Waals surface area contributed by atoms with Crippen LogP contribution < -0.4 is 10.6 Å². The van der Waals surface area contributed by atoms with Gasteiger partial charge in [0.2, 0.25) is 5.91 Å². The lowest BCUT2D eigenvalue weighted by Crippen LogP contribution is -2.50. The summed E-state index contributed by atoms with van der Waals surface area (Å²) in [5, 5.41) is 27.5. The smallest absolute Gasteiger partial charge is 0.240 e. The third kappa shape index (κ3) is 3.92. The number of tetrazole rings is 1. The minimum Gasteiger partial charge on any atom is -0.376 e. The van der Waals surface area contributed by atoms with Gasteiger partial charge in [-0.05, 0) is 60.4 Å². The number of anilines is 1. The first-order chi connectivity index (χ1) is 13.2. The Labute approximate surface area is 157 Å². The first-order valence-corrected chi connectivity index (χ1v) is 9.54. The summed E-state index contributed by atoms with van der Waals surface area (Å²) in [5.74, 6) is 0.621. The van der Waals surface area contributed by atoms with Crippen LogP contribution in [0.3, 0.4) is 0 Å². The molecule has 1 aromatic carbocycles. The van der Waals surface area contributed by atoms with Crippen molar-refractivity contribution in [3.8, 4) is 17.5 Å². The molecule has 0 spiro atoms. The summed E-state index contributed by atoms with van der Waals surface area (Å²) in [5.41, 5.74) is 1.10. The highest BCUT2D eigenvalue weighted by Crippen LogP contribution is 2.36. The summed E-state index contributed by atoms with van der Waals surface area (Å²) < 4.78 is 1.88. The molecule has 1 amide bonds. The van der Waals surface area contributed by atoms with E-state index in [0.717, 1.165) is 62.0 Å². The predicted octanol–water partition coefficient (Wildman–Crippen LogP) is 2.43. The molecule has 2 aliphatic carbocycles. The van der Waals surface area contributed by atoms with Gasteiger partial charge in [-0.3, -0.25) is 4.79 Å². The van der Waals surface area contributed by atoms with Crippen molar-refractivity contribution in [3.05, 3.63) is 24.3 Å². The number of benzene rings is 1. The maximum atomic E-state index is 12.3. The molecule has 8 nitrogen and oxygen atoms in total. The summed E-state index contributed by atoms with van der Waals surface area (Å²) in [7, 11) is 0. The highest BCUT2D eigenvalue weighted by Gasteiger charge is 2.33. The fraction of sp³-hybridized carbons (Fsp3) is 0.526. The minimum absolute atomic E-state index is 0.141. The Hall–Kier alpha value is -2.95. The quantitative estimate of drug-likeness (QED) is 0.814. The lowest BCUT2D eigenvalue weighted by atomic mass is 9.83. The molecule has 0 radical (unpaired) electrons. The van der Waals surface area contributed by atoms with Crippen LogP contribution in [0.5, 0.6) is 0 Å². The van der Waals surface area contributed by atoms with Crippen molar-refractivity contribution in [2.45, 2.75) is 56.5 Å². The number of hydrogen-bond acceptors (Lipinski definition) is 6. The second kappa shape index (κ2) is 7.35. The second-order valence-corrected chi connectivity index (χ2v) is 7.41. The SMILES string of the molecule is N#CC1(NC(=O)CNc2ccc(-c3nnnn3C3CC3)cc2)CCCCC1. The Morgan fingerprint density at radius 3 is 2.63 bits per heavy atom. The Bertz CT molecular complexity index is 842. The predicted molar refractivity (Wildman–Crippen MR) is 99.6 cm³/mol. The van der Waals surface area contributed by atoms with Crippen molar-refractivity contribution in [3.63, 3.8) is 0 Å². The molecular formula is C19H23N7O. The molecule has 2 aliphatic rings. The average Bonchev–Trinajstić information content (AvgIpc) is 3.44. The number of nitrogens with zero attached hydrogens (tertiary/aromatic N) is 5. The van der Waals surface area contributed by atoms with E-state index in [1.807, 2.05) is 28.9 Å². The number of nitrogens with one attached hydrogen (secondary N) is 2. The van der Waals surface area contributed by atoms with Crippen molar-refractivity contribution in [2.24, 2.45) is 0 Å². The molecule has 1 aromatic heterocycles. The van der Waals surface area contributed by atoms with E-state index in [1.165, 1.54) is 0 Å². The van der Waals surface area contributed by atoms with Crippen LogP contribution in [0.2, 0.25) is 0 Å². The normalized spacial score (nSPS) is 18.5. The Morgan fingerprint density at radius 1 is 1.22 bits per heavy atom. The van der Waals surface area contributed by atoms with Crippen molar-refractivity contribution >= 4 is 11.6 Å². The number of aromatic nitrogens is 4. The first-order valence-electron chi connectivity index (χ1n) is 9.54. The van der Waals surface area contributed by atoms with Crippen LogP contribution in [0.1, 0.15) is 51.0 Å². The maximum Gasteiger partial charge on any atom is 0.240 e. The van der Waals surface area contributed by atoms with Crippen LogP contribution in [0.15, 0.2) is 24.3 Å². The topological polar surface area (TPSA) is 109 Å². The second-order valence-electron chi connectivity index (χ2n) is 7.41. The molecule has 8 heteroatoms. The molecule has 2 N–H and O–H groups in total. The van der Waals surface area contributed by atoms with Crippen molar-refractivity contribution in [2.75, 3.05) is 11.9 Å². The summed E-state index contributed by atoms with van der Waals surface area (Å²) in [6, 6.07) is 10.4. The molecule has 2 saturated carbocycles. The van der Waals surface area contributed by atoms with Gasteiger partial charge in [0.25, 0.3) is 0 Å². The van der Waals surface area contributed by atoms with Crippen molar-refractivity contribution in [1.82, 2.24) is 25.5 Å². The number of hydrogen-bond donors (Lipinski definition) is 2. The molecule has 4 rings (SSSR count). The van der Waals surface area contributed by atoms with Crippen LogP contribution >= 0.6 is 0 Å². The summed E-state index contributed by atoms with van der Waals surface area (Å²) >= 11 is 0. The third-order valence-corrected chi connectivity index (χ3v) is 5.28. The molecule has 2 aromatic rings. The van der Waals surface area contributed by atoms with E-state index >= 15 is 0 Å². The Kier molecular flexibility index (Phi) is 4.75. The van der Waals surface area contributed by atoms with Gasteiger partial charge < -0.3 is 10.6 Å². The Balaban J connectivity index is 1.34. The van der Waals surface area contributed by atoms with E-state index in [0.29, 0.717) is 6.04 Å². The van der Waals surface area contributed by atoms with E-state index in [2.05, 4.69) is 32.2 Å². The van der Waals surface area contributed by atoms with Gasteiger partial charge in [-0.1, -0.05) is 19.3 Å². The number of carbonyl (C=O) groups is 1. The van der Waals surface area contributed by atoms with Crippen LogP contribution in [0, 0.1) is 11.3 Å². The third-order valence-electron chi connectivity index (χ3n) is 5.28. The molecule has 27 heavy (non-hydrogen) atoms. The molecule has 0 saturated heterocycles. The summed E-state index contributed by atoms with van der Waals surface area (Å²) in [4.78, 5) is 12.3. The fourth-order valence-corrected chi connectivity index (χ4v) is 3.60.